The van der Waals surface area contributed by atoms with Gasteiger partial charge in [-0.15, -0.1) is 0 Å². The summed E-state index contributed by atoms with van der Waals surface area (Å²) in [5, 5.41) is 4.18. The summed E-state index contributed by atoms with van der Waals surface area (Å²) in [5.41, 5.74) is 5.04. The average Bonchev–Trinajstić information content (AvgIpc) is 2.97. The van der Waals surface area contributed by atoms with E-state index in [1.807, 2.05) is 6.07 Å². The lowest BCUT2D eigenvalue weighted by atomic mass is 9.99. The number of rotatable bonds is 5. The van der Waals surface area contributed by atoms with Crippen LogP contribution in [0.5, 0.6) is 0 Å². The molecule has 2 aromatic carbocycles. The molecule has 0 radical (unpaired) electrons. The number of benzene rings is 2. The molecule has 2 aromatic rings. The molecule has 0 amide bonds. The molecule has 0 aliphatic carbocycles. The highest BCUT2D eigenvalue weighted by atomic mass is 16.6. The standard InChI is InChI=1S/C19H21NO/c1-2-6-18-14-19(21-20-18)13-15-9-11-17(12-10-15)16-7-4-3-5-8-16/h3-5,7-12,19H,2,6,13-14H2,1H3. The predicted molar refractivity (Wildman–Crippen MR) is 87.4 cm³/mol. The van der Waals surface area contributed by atoms with E-state index in [1.54, 1.807) is 0 Å². The topological polar surface area (TPSA) is 21.6 Å². The maximum absolute atomic E-state index is 5.52. The molecule has 1 atom stereocenters. The Hall–Kier alpha value is -2.09. The second-order valence-electron chi connectivity index (χ2n) is 5.61. The van der Waals surface area contributed by atoms with Crippen molar-refractivity contribution in [1.82, 2.24) is 0 Å². The van der Waals surface area contributed by atoms with Crippen molar-refractivity contribution in [2.24, 2.45) is 5.16 Å². The van der Waals surface area contributed by atoms with Gasteiger partial charge in [-0.25, -0.2) is 0 Å². The van der Waals surface area contributed by atoms with Crippen molar-refractivity contribution in [1.29, 1.82) is 0 Å². The van der Waals surface area contributed by atoms with Crippen molar-refractivity contribution < 1.29 is 4.84 Å². The smallest absolute Gasteiger partial charge is 0.136 e. The van der Waals surface area contributed by atoms with Crippen LogP contribution in [0.3, 0.4) is 0 Å². The van der Waals surface area contributed by atoms with Gasteiger partial charge in [0, 0.05) is 12.8 Å². The summed E-state index contributed by atoms with van der Waals surface area (Å²) >= 11 is 0. The van der Waals surface area contributed by atoms with E-state index in [0.717, 1.165) is 25.7 Å². The Labute approximate surface area is 126 Å². The monoisotopic (exact) mass is 279 g/mol. The molecule has 108 valence electrons. The molecule has 0 saturated heterocycles. The molecule has 2 heteroatoms. The highest BCUT2D eigenvalue weighted by Crippen LogP contribution is 2.22. The van der Waals surface area contributed by atoms with E-state index in [2.05, 4.69) is 60.6 Å². The maximum Gasteiger partial charge on any atom is 0.136 e. The van der Waals surface area contributed by atoms with Gasteiger partial charge in [0.1, 0.15) is 6.10 Å². The summed E-state index contributed by atoms with van der Waals surface area (Å²) < 4.78 is 0. The Morgan fingerprint density at radius 1 is 1.00 bits per heavy atom. The quantitative estimate of drug-likeness (QED) is 0.767. The molecule has 0 spiro atoms. The predicted octanol–water partition coefficient (Wildman–Crippen LogP) is 4.84. The molecule has 3 rings (SSSR count). The minimum Gasteiger partial charge on any atom is -0.392 e. The lowest BCUT2D eigenvalue weighted by Crippen LogP contribution is -2.11. The zero-order valence-electron chi connectivity index (χ0n) is 12.5. The molecule has 21 heavy (non-hydrogen) atoms. The molecule has 2 nitrogen and oxygen atoms in total. The fraction of sp³-hybridized carbons (Fsp3) is 0.316. The lowest BCUT2D eigenvalue weighted by molar-refractivity contribution is 0.0859. The van der Waals surface area contributed by atoms with Gasteiger partial charge in [-0.3, -0.25) is 0 Å². The number of oxime groups is 1. The second-order valence-corrected chi connectivity index (χ2v) is 5.61. The summed E-state index contributed by atoms with van der Waals surface area (Å²) in [4.78, 5) is 5.52. The zero-order chi connectivity index (χ0) is 14.5. The van der Waals surface area contributed by atoms with Gasteiger partial charge >= 0.3 is 0 Å². The van der Waals surface area contributed by atoms with Gasteiger partial charge in [0.15, 0.2) is 0 Å². The van der Waals surface area contributed by atoms with Crippen molar-refractivity contribution in [3.8, 4) is 11.1 Å². The van der Waals surface area contributed by atoms with Crippen molar-refractivity contribution in [3.05, 3.63) is 60.2 Å². The van der Waals surface area contributed by atoms with E-state index >= 15 is 0 Å². The van der Waals surface area contributed by atoms with E-state index in [-0.39, 0.29) is 6.10 Å². The average molecular weight is 279 g/mol. The molecule has 0 N–H and O–H groups in total. The fourth-order valence-electron chi connectivity index (χ4n) is 2.76. The van der Waals surface area contributed by atoms with Crippen LogP contribution in [0, 0.1) is 0 Å². The largest absolute Gasteiger partial charge is 0.392 e. The van der Waals surface area contributed by atoms with Gasteiger partial charge in [0.05, 0.1) is 5.71 Å². The first kappa shape index (κ1) is 13.9. The van der Waals surface area contributed by atoms with Crippen LogP contribution in [0.1, 0.15) is 31.7 Å². The van der Waals surface area contributed by atoms with E-state index in [9.17, 15) is 0 Å². The summed E-state index contributed by atoms with van der Waals surface area (Å²) in [6, 6.07) is 19.2. The van der Waals surface area contributed by atoms with Crippen LogP contribution in [0.15, 0.2) is 59.8 Å². The first-order valence-electron chi connectivity index (χ1n) is 7.71. The van der Waals surface area contributed by atoms with Crippen LogP contribution < -0.4 is 0 Å². The minimum absolute atomic E-state index is 0.217. The van der Waals surface area contributed by atoms with Crippen molar-refractivity contribution in [3.63, 3.8) is 0 Å². The first-order chi connectivity index (χ1) is 10.3. The van der Waals surface area contributed by atoms with Crippen LogP contribution in [-0.2, 0) is 11.3 Å². The van der Waals surface area contributed by atoms with Gasteiger partial charge in [0.2, 0.25) is 0 Å². The summed E-state index contributed by atoms with van der Waals surface area (Å²) in [6.45, 7) is 2.18. The van der Waals surface area contributed by atoms with Crippen molar-refractivity contribution in [2.75, 3.05) is 0 Å². The third kappa shape index (κ3) is 3.52. The van der Waals surface area contributed by atoms with Gasteiger partial charge in [-0.2, -0.15) is 0 Å². The van der Waals surface area contributed by atoms with E-state index in [4.69, 9.17) is 4.84 Å². The van der Waals surface area contributed by atoms with Gasteiger partial charge in [-0.1, -0.05) is 73.1 Å². The van der Waals surface area contributed by atoms with Crippen molar-refractivity contribution >= 4 is 5.71 Å². The molecule has 0 saturated carbocycles. The number of hydrogen-bond acceptors (Lipinski definition) is 2. The normalized spacial score (nSPS) is 17.4. The fourth-order valence-corrected chi connectivity index (χ4v) is 2.76. The van der Waals surface area contributed by atoms with Gasteiger partial charge in [0.25, 0.3) is 0 Å². The molecule has 0 fully saturated rings. The molecular formula is C19H21NO. The Kier molecular flexibility index (Phi) is 4.34. The SMILES string of the molecule is CCCC1=NOC(Cc2ccc(-c3ccccc3)cc2)C1. The van der Waals surface area contributed by atoms with Crippen LogP contribution in [0.25, 0.3) is 11.1 Å². The summed E-state index contributed by atoms with van der Waals surface area (Å²) in [5.74, 6) is 0. The molecular weight excluding hydrogens is 258 g/mol. The maximum atomic E-state index is 5.52. The van der Waals surface area contributed by atoms with E-state index in [0.29, 0.717) is 0 Å². The third-order valence-electron chi connectivity index (χ3n) is 3.86. The summed E-state index contributed by atoms with van der Waals surface area (Å²) in [7, 11) is 0. The minimum atomic E-state index is 0.217. The zero-order valence-corrected chi connectivity index (χ0v) is 12.5. The molecule has 1 heterocycles. The first-order valence-corrected chi connectivity index (χ1v) is 7.71. The van der Waals surface area contributed by atoms with Gasteiger partial charge in [-0.05, 0) is 23.1 Å². The summed E-state index contributed by atoms with van der Waals surface area (Å²) in [6.07, 6.45) is 4.33. The van der Waals surface area contributed by atoms with Crippen LogP contribution in [-0.4, -0.2) is 11.8 Å². The van der Waals surface area contributed by atoms with E-state index < -0.39 is 0 Å². The van der Waals surface area contributed by atoms with Crippen LogP contribution in [0.4, 0.5) is 0 Å². The molecule has 0 aromatic heterocycles. The number of hydrogen-bond donors (Lipinski definition) is 0. The van der Waals surface area contributed by atoms with Gasteiger partial charge < -0.3 is 4.84 Å². The van der Waals surface area contributed by atoms with Crippen molar-refractivity contribution in [2.45, 2.75) is 38.7 Å². The lowest BCUT2D eigenvalue weighted by Gasteiger charge is -2.09. The molecule has 1 unspecified atom stereocenters. The Morgan fingerprint density at radius 3 is 2.43 bits per heavy atom. The number of nitrogens with zero attached hydrogens (tertiary/aromatic N) is 1. The van der Waals surface area contributed by atoms with Crippen LogP contribution >= 0.6 is 0 Å². The Balaban J connectivity index is 1.61. The molecule has 0 bridgehead atoms. The van der Waals surface area contributed by atoms with E-state index in [1.165, 1.54) is 22.4 Å². The highest BCUT2D eigenvalue weighted by molar-refractivity contribution is 5.85. The van der Waals surface area contributed by atoms with Crippen LogP contribution in [0.2, 0.25) is 0 Å². The third-order valence-corrected chi connectivity index (χ3v) is 3.86. The molecule has 1 aliphatic heterocycles. The molecule has 1 aliphatic rings. The second kappa shape index (κ2) is 6.57. The Bertz CT molecular complexity index is 601. The Morgan fingerprint density at radius 2 is 1.71 bits per heavy atom. The highest BCUT2D eigenvalue weighted by Gasteiger charge is 2.20.